The van der Waals surface area contributed by atoms with Crippen LogP contribution in [0.5, 0.6) is 0 Å². The highest BCUT2D eigenvalue weighted by Crippen LogP contribution is 2.24. The first-order chi connectivity index (χ1) is 9.13. The normalized spacial score (nSPS) is 12.6. The Morgan fingerprint density at radius 3 is 2.79 bits per heavy atom. The Bertz CT molecular complexity index is 552. The van der Waals surface area contributed by atoms with E-state index in [-0.39, 0.29) is 6.10 Å². The lowest BCUT2D eigenvalue weighted by molar-refractivity contribution is 0.0878. The molecule has 2 rings (SSSR count). The Hall–Kier alpha value is -1.95. The number of nitrogens with two attached hydrogens (primary N) is 1. The van der Waals surface area contributed by atoms with Gasteiger partial charge >= 0.3 is 0 Å². The van der Waals surface area contributed by atoms with Crippen LogP contribution in [0.15, 0.2) is 18.5 Å². The Morgan fingerprint density at radius 1 is 1.42 bits per heavy atom. The molecule has 0 fully saturated rings. The van der Waals surface area contributed by atoms with E-state index in [1.165, 1.54) is 0 Å². The van der Waals surface area contributed by atoms with Crippen molar-refractivity contribution in [3.8, 4) is 11.3 Å². The Balaban J connectivity index is 2.39. The molecule has 0 saturated heterocycles. The third-order valence-electron chi connectivity index (χ3n) is 2.89. The average Bonchev–Trinajstić information content (AvgIpc) is 2.82. The van der Waals surface area contributed by atoms with E-state index in [4.69, 9.17) is 10.5 Å². The summed E-state index contributed by atoms with van der Waals surface area (Å²) in [5, 5.41) is 4.14. The van der Waals surface area contributed by atoms with Crippen molar-refractivity contribution in [2.24, 2.45) is 7.05 Å². The fourth-order valence-corrected chi connectivity index (χ4v) is 1.95. The molecule has 6 heteroatoms. The van der Waals surface area contributed by atoms with Gasteiger partial charge in [0, 0.05) is 32.0 Å². The minimum absolute atomic E-state index is 0.121. The number of nitrogens with zero attached hydrogens (tertiary/aromatic N) is 4. The molecule has 6 nitrogen and oxygen atoms in total. The molecule has 0 bridgehead atoms. The van der Waals surface area contributed by atoms with Crippen molar-refractivity contribution in [1.29, 1.82) is 0 Å². The molecule has 0 aliphatic heterocycles. The first kappa shape index (κ1) is 13.5. The number of methoxy groups -OCH3 is 1. The molecule has 0 aliphatic rings. The van der Waals surface area contributed by atoms with Gasteiger partial charge in [-0.1, -0.05) is 13.3 Å². The van der Waals surface area contributed by atoms with Gasteiger partial charge in [0.1, 0.15) is 11.9 Å². The van der Waals surface area contributed by atoms with Crippen molar-refractivity contribution in [1.82, 2.24) is 19.7 Å². The minimum atomic E-state index is -0.121. The van der Waals surface area contributed by atoms with Crippen molar-refractivity contribution < 1.29 is 4.74 Å². The lowest BCUT2D eigenvalue weighted by atomic mass is 10.2. The van der Waals surface area contributed by atoms with Gasteiger partial charge in [-0.3, -0.25) is 4.68 Å². The smallest absolute Gasteiger partial charge is 0.160 e. The average molecular weight is 261 g/mol. The molecule has 1 atom stereocenters. The first-order valence-electron chi connectivity index (χ1n) is 6.30. The number of nitrogen functional groups attached to an aromatic ring is 1. The fourth-order valence-electron chi connectivity index (χ4n) is 1.95. The predicted octanol–water partition coefficient (Wildman–Crippen LogP) is 1.95. The summed E-state index contributed by atoms with van der Waals surface area (Å²) in [4.78, 5) is 8.81. The number of rotatable bonds is 5. The van der Waals surface area contributed by atoms with Crippen molar-refractivity contribution in [3.05, 3.63) is 24.3 Å². The summed E-state index contributed by atoms with van der Waals surface area (Å²) in [5.74, 6) is 1.07. The molecule has 0 aliphatic carbocycles. The van der Waals surface area contributed by atoms with Gasteiger partial charge in [0.25, 0.3) is 0 Å². The molecular weight excluding hydrogens is 242 g/mol. The van der Waals surface area contributed by atoms with Crippen LogP contribution in [0.3, 0.4) is 0 Å². The maximum absolute atomic E-state index is 5.86. The van der Waals surface area contributed by atoms with Crippen LogP contribution in [-0.4, -0.2) is 26.9 Å². The summed E-state index contributed by atoms with van der Waals surface area (Å²) in [7, 11) is 3.53. The number of ether oxygens (including phenoxy) is 1. The first-order valence-corrected chi connectivity index (χ1v) is 6.30. The van der Waals surface area contributed by atoms with Gasteiger partial charge in [0.2, 0.25) is 0 Å². The second-order valence-electron chi connectivity index (χ2n) is 4.45. The zero-order chi connectivity index (χ0) is 13.8. The van der Waals surface area contributed by atoms with E-state index in [1.807, 2.05) is 13.2 Å². The van der Waals surface area contributed by atoms with Crippen LogP contribution >= 0.6 is 0 Å². The van der Waals surface area contributed by atoms with Crippen LogP contribution in [0.1, 0.15) is 31.7 Å². The van der Waals surface area contributed by atoms with Gasteiger partial charge in [0.05, 0.1) is 11.9 Å². The largest absolute Gasteiger partial charge is 0.384 e. The number of hydrogen-bond donors (Lipinski definition) is 1. The van der Waals surface area contributed by atoms with Crippen LogP contribution < -0.4 is 5.73 Å². The quantitative estimate of drug-likeness (QED) is 0.889. The maximum atomic E-state index is 5.86. The van der Waals surface area contributed by atoms with Crippen LogP contribution in [0.4, 0.5) is 5.82 Å². The maximum Gasteiger partial charge on any atom is 0.160 e. The molecule has 2 N–H and O–H groups in total. The number of anilines is 1. The lowest BCUT2D eigenvalue weighted by Gasteiger charge is -2.14. The highest BCUT2D eigenvalue weighted by molar-refractivity contribution is 5.60. The summed E-state index contributed by atoms with van der Waals surface area (Å²) in [6.07, 6.45) is 5.40. The zero-order valence-electron chi connectivity index (χ0n) is 11.5. The monoisotopic (exact) mass is 261 g/mol. The molecule has 2 aromatic heterocycles. The van der Waals surface area contributed by atoms with E-state index in [9.17, 15) is 0 Å². The molecule has 0 saturated carbocycles. The van der Waals surface area contributed by atoms with E-state index >= 15 is 0 Å². The van der Waals surface area contributed by atoms with E-state index in [2.05, 4.69) is 22.0 Å². The van der Waals surface area contributed by atoms with Gasteiger partial charge in [0.15, 0.2) is 5.82 Å². The van der Waals surface area contributed by atoms with E-state index < -0.39 is 0 Å². The Morgan fingerprint density at radius 2 is 2.21 bits per heavy atom. The van der Waals surface area contributed by atoms with Crippen LogP contribution in [-0.2, 0) is 11.8 Å². The highest BCUT2D eigenvalue weighted by Gasteiger charge is 2.15. The fraction of sp³-hybridized carbons (Fsp3) is 0.462. The Kier molecular flexibility index (Phi) is 4.11. The summed E-state index contributed by atoms with van der Waals surface area (Å²) in [6.45, 7) is 2.10. The van der Waals surface area contributed by atoms with Crippen LogP contribution in [0.2, 0.25) is 0 Å². The predicted molar refractivity (Wildman–Crippen MR) is 73.3 cm³/mol. The van der Waals surface area contributed by atoms with Gasteiger partial charge < -0.3 is 10.5 Å². The summed E-state index contributed by atoms with van der Waals surface area (Å²) >= 11 is 0. The highest BCUT2D eigenvalue weighted by atomic mass is 16.5. The molecule has 0 aromatic carbocycles. The molecule has 2 heterocycles. The summed E-state index contributed by atoms with van der Waals surface area (Å²) < 4.78 is 7.16. The standard InChI is InChI=1S/C13H19N5O/c1-4-5-11(19-3)13-16-10(6-12(14)17-13)9-7-15-18(2)8-9/h6-8,11H,4-5H2,1-3H3,(H2,14,16,17). The lowest BCUT2D eigenvalue weighted by Crippen LogP contribution is -2.09. The summed E-state index contributed by atoms with van der Waals surface area (Å²) in [5.41, 5.74) is 7.55. The summed E-state index contributed by atoms with van der Waals surface area (Å²) in [6, 6.07) is 1.75. The third kappa shape index (κ3) is 3.08. The molecule has 0 spiro atoms. The number of aromatic nitrogens is 4. The molecule has 2 aromatic rings. The van der Waals surface area contributed by atoms with Crippen molar-refractivity contribution in [3.63, 3.8) is 0 Å². The van der Waals surface area contributed by atoms with Gasteiger partial charge in [-0.2, -0.15) is 5.10 Å². The molecule has 0 amide bonds. The van der Waals surface area contributed by atoms with Gasteiger partial charge in [-0.25, -0.2) is 9.97 Å². The van der Waals surface area contributed by atoms with Crippen molar-refractivity contribution in [2.75, 3.05) is 12.8 Å². The van der Waals surface area contributed by atoms with Crippen molar-refractivity contribution >= 4 is 5.82 Å². The van der Waals surface area contributed by atoms with Crippen molar-refractivity contribution in [2.45, 2.75) is 25.9 Å². The molecule has 19 heavy (non-hydrogen) atoms. The van der Waals surface area contributed by atoms with Gasteiger partial charge in [-0.15, -0.1) is 0 Å². The second kappa shape index (κ2) is 5.79. The Labute approximate surface area is 112 Å². The molecular formula is C13H19N5O. The van der Waals surface area contributed by atoms with Crippen LogP contribution in [0.25, 0.3) is 11.3 Å². The molecule has 0 radical (unpaired) electrons. The van der Waals surface area contributed by atoms with E-state index in [1.54, 1.807) is 24.1 Å². The van der Waals surface area contributed by atoms with E-state index in [0.717, 1.165) is 24.1 Å². The van der Waals surface area contributed by atoms with Crippen LogP contribution in [0, 0.1) is 0 Å². The number of aryl methyl sites for hydroxylation is 1. The topological polar surface area (TPSA) is 78.9 Å². The molecule has 1 unspecified atom stereocenters. The zero-order valence-corrected chi connectivity index (χ0v) is 11.5. The SMILES string of the molecule is CCCC(OC)c1nc(N)cc(-c2cnn(C)c2)n1. The van der Waals surface area contributed by atoms with Gasteiger partial charge in [-0.05, 0) is 6.42 Å². The minimum Gasteiger partial charge on any atom is -0.384 e. The third-order valence-corrected chi connectivity index (χ3v) is 2.89. The molecule has 102 valence electrons. The van der Waals surface area contributed by atoms with E-state index in [0.29, 0.717) is 11.6 Å². The number of hydrogen-bond acceptors (Lipinski definition) is 5. The second-order valence-corrected chi connectivity index (χ2v) is 4.45.